The molecule has 0 spiro atoms. The molecule has 144 valence electrons. The zero-order valence-corrected chi connectivity index (χ0v) is 17.0. The topological polar surface area (TPSA) is 15.6 Å². The first kappa shape index (κ1) is 19.8. The van der Waals surface area contributed by atoms with Gasteiger partial charge >= 0.3 is 0 Å². The Kier molecular flexibility index (Phi) is 5.93. The largest absolute Gasteiger partial charge is 0.348 e. The standard InChI is InChI=1S/C25H27FN2/c1-17(2)22-11-9-21(10-12-22)15-28-14-13-18(3)24(16-28)27-20(5)23-8-6-7-19(4)25(23)26/h6-14,16-17H,3,15H2,1-2,4-5H3. The zero-order chi connectivity index (χ0) is 20.3. The average molecular weight is 375 g/mol. The Hall–Kier alpha value is -2.94. The molecule has 0 amide bonds. The van der Waals surface area contributed by atoms with E-state index in [0.29, 0.717) is 22.8 Å². The van der Waals surface area contributed by atoms with Gasteiger partial charge in [-0.2, -0.15) is 0 Å². The van der Waals surface area contributed by atoms with Crippen molar-refractivity contribution in [2.24, 2.45) is 4.99 Å². The summed E-state index contributed by atoms with van der Waals surface area (Å²) in [4.78, 5) is 6.74. The highest BCUT2D eigenvalue weighted by Crippen LogP contribution is 2.23. The van der Waals surface area contributed by atoms with Crippen LogP contribution in [-0.4, -0.2) is 10.6 Å². The number of hydrogen-bond acceptors (Lipinski definition) is 2. The molecule has 0 saturated heterocycles. The predicted molar refractivity (Wildman–Crippen MR) is 116 cm³/mol. The van der Waals surface area contributed by atoms with Crippen molar-refractivity contribution in [1.82, 2.24) is 4.90 Å². The molecule has 3 rings (SSSR count). The predicted octanol–water partition coefficient (Wildman–Crippen LogP) is 6.49. The Bertz CT molecular complexity index is 963. The van der Waals surface area contributed by atoms with Crippen LogP contribution in [0.4, 0.5) is 4.39 Å². The molecule has 0 saturated carbocycles. The molecule has 1 heterocycles. The molecule has 0 fully saturated rings. The van der Waals surface area contributed by atoms with E-state index >= 15 is 0 Å². The highest BCUT2D eigenvalue weighted by molar-refractivity contribution is 6.00. The molecule has 2 aromatic carbocycles. The van der Waals surface area contributed by atoms with Gasteiger partial charge in [-0.1, -0.05) is 62.9 Å². The maximum atomic E-state index is 14.4. The summed E-state index contributed by atoms with van der Waals surface area (Å²) in [6, 6.07) is 14.1. The van der Waals surface area contributed by atoms with Gasteiger partial charge in [0, 0.05) is 30.2 Å². The Morgan fingerprint density at radius 1 is 1.14 bits per heavy atom. The van der Waals surface area contributed by atoms with Gasteiger partial charge in [0.1, 0.15) is 5.82 Å². The molecule has 2 aromatic rings. The van der Waals surface area contributed by atoms with Gasteiger partial charge in [-0.05, 0) is 48.1 Å². The van der Waals surface area contributed by atoms with Crippen molar-refractivity contribution in [3.63, 3.8) is 0 Å². The Labute approximate surface area is 167 Å². The molecule has 3 heteroatoms. The fraction of sp³-hybridized carbons (Fsp3) is 0.240. The van der Waals surface area contributed by atoms with Crippen molar-refractivity contribution in [1.29, 1.82) is 0 Å². The van der Waals surface area contributed by atoms with Crippen molar-refractivity contribution >= 4 is 5.71 Å². The summed E-state index contributed by atoms with van der Waals surface area (Å²) in [5, 5.41) is 0. The minimum Gasteiger partial charge on any atom is -0.348 e. The van der Waals surface area contributed by atoms with Gasteiger partial charge in [0.15, 0.2) is 0 Å². The molecular formula is C25H27FN2. The highest BCUT2D eigenvalue weighted by Gasteiger charge is 2.12. The van der Waals surface area contributed by atoms with Gasteiger partial charge < -0.3 is 4.90 Å². The van der Waals surface area contributed by atoms with Gasteiger partial charge in [-0.15, -0.1) is 0 Å². The SMILES string of the molecule is C=C1C=CN(Cc2ccc(C(C)C)cc2)C=C1N=C(C)c1cccc(C)c1F. The molecule has 0 atom stereocenters. The lowest BCUT2D eigenvalue weighted by molar-refractivity contribution is 0.492. The monoisotopic (exact) mass is 374 g/mol. The van der Waals surface area contributed by atoms with E-state index in [2.05, 4.69) is 54.6 Å². The maximum Gasteiger partial charge on any atom is 0.135 e. The number of hydrogen-bond donors (Lipinski definition) is 0. The first-order valence-electron chi connectivity index (χ1n) is 9.60. The van der Waals surface area contributed by atoms with Gasteiger partial charge in [0.2, 0.25) is 0 Å². The van der Waals surface area contributed by atoms with E-state index in [9.17, 15) is 4.39 Å². The third-order valence-electron chi connectivity index (χ3n) is 4.97. The van der Waals surface area contributed by atoms with Crippen LogP contribution < -0.4 is 0 Å². The van der Waals surface area contributed by atoms with Gasteiger partial charge in [0.25, 0.3) is 0 Å². The lowest BCUT2D eigenvalue weighted by Crippen LogP contribution is -2.14. The summed E-state index contributed by atoms with van der Waals surface area (Å²) in [5.41, 5.74) is 5.92. The smallest absolute Gasteiger partial charge is 0.135 e. The van der Waals surface area contributed by atoms with Crippen LogP contribution in [-0.2, 0) is 6.54 Å². The van der Waals surface area contributed by atoms with Gasteiger partial charge in [0.05, 0.1) is 5.70 Å². The first-order valence-corrected chi connectivity index (χ1v) is 9.60. The maximum absolute atomic E-state index is 14.4. The summed E-state index contributed by atoms with van der Waals surface area (Å²) in [6.45, 7) is 12.8. The van der Waals surface area contributed by atoms with Crippen LogP contribution in [0, 0.1) is 12.7 Å². The second kappa shape index (κ2) is 8.39. The lowest BCUT2D eigenvalue weighted by Gasteiger charge is -2.22. The summed E-state index contributed by atoms with van der Waals surface area (Å²) in [7, 11) is 0. The summed E-state index contributed by atoms with van der Waals surface area (Å²) >= 11 is 0. The molecule has 0 bridgehead atoms. The molecule has 0 unspecified atom stereocenters. The molecular weight excluding hydrogens is 347 g/mol. The van der Waals surface area contributed by atoms with Crippen molar-refractivity contribution < 1.29 is 4.39 Å². The molecule has 1 aliphatic rings. The third-order valence-corrected chi connectivity index (χ3v) is 4.97. The van der Waals surface area contributed by atoms with Crippen molar-refractivity contribution in [3.8, 4) is 0 Å². The molecule has 1 aliphatic heterocycles. The number of benzene rings is 2. The van der Waals surface area contributed by atoms with Crippen LogP contribution in [0.1, 0.15) is 48.9 Å². The molecule has 0 aromatic heterocycles. The van der Waals surface area contributed by atoms with E-state index in [0.717, 1.165) is 17.8 Å². The van der Waals surface area contributed by atoms with Gasteiger partial charge in [-0.3, -0.25) is 4.99 Å². The quantitative estimate of drug-likeness (QED) is 0.546. The number of nitrogens with zero attached hydrogens (tertiary/aromatic N) is 2. The van der Waals surface area contributed by atoms with E-state index in [1.165, 1.54) is 11.1 Å². The summed E-state index contributed by atoms with van der Waals surface area (Å²) < 4.78 is 14.4. The van der Waals surface area contributed by atoms with E-state index in [-0.39, 0.29) is 5.82 Å². The van der Waals surface area contributed by atoms with Crippen LogP contribution in [0.2, 0.25) is 0 Å². The number of halogens is 1. The second-order valence-electron chi connectivity index (χ2n) is 7.56. The Balaban J connectivity index is 1.81. The zero-order valence-electron chi connectivity index (χ0n) is 17.0. The summed E-state index contributed by atoms with van der Waals surface area (Å²) in [6.07, 6.45) is 5.91. The van der Waals surface area contributed by atoms with Crippen molar-refractivity contribution in [3.05, 3.63) is 107 Å². The minimum atomic E-state index is -0.219. The van der Waals surface area contributed by atoms with Gasteiger partial charge in [-0.25, -0.2) is 4.39 Å². The van der Waals surface area contributed by atoms with Crippen LogP contribution in [0.3, 0.4) is 0 Å². The van der Waals surface area contributed by atoms with Crippen molar-refractivity contribution in [2.45, 2.75) is 40.2 Å². The summed E-state index contributed by atoms with van der Waals surface area (Å²) in [5.74, 6) is 0.307. The Morgan fingerprint density at radius 3 is 2.54 bits per heavy atom. The fourth-order valence-electron chi connectivity index (χ4n) is 3.14. The second-order valence-corrected chi connectivity index (χ2v) is 7.56. The Morgan fingerprint density at radius 2 is 1.86 bits per heavy atom. The average Bonchev–Trinajstić information content (AvgIpc) is 2.67. The molecule has 2 nitrogen and oxygen atoms in total. The number of aliphatic imine (C=N–C) groups is 1. The number of allylic oxidation sites excluding steroid dienone is 1. The van der Waals surface area contributed by atoms with E-state index in [4.69, 9.17) is 0 Å². The fourth-order valence-corrected chi connectivity index (χ4v) is 3.14. The van der Waals surface area contributed by atoms with Crippen LogP contribution >= 0.6 is 0 Å². The van der Waals surface area contributed by atoms with Crippen LogP contribution in [0.15, 0.2) is 83.8 Å². The molecule has 0 N–H and O–H groups in total. The molecule has 0 radical (unpaired) electrons. The van der Waals surface area contributed by atoms with E-state index in [1.807, 2.05) is 31.5 Å². The molecule has 28 heavy (non-hydrogen) atoms. The lowest BCUT2D eigenvalue weighted by atomic mass is 10.0. The number of rotatable bonds is 5. The van der Waals surface area contributed by atoms with Crippen LogP contribution in [0.5, 0.6) is 0 Å². The number of aryl methyl sites for hydroxylation is 1. The van der Waals surface area contributed by atoms with E-state index < -0.39 is 0 Å². The van der Waals surface area contributed by atoms with Crippen molar-refractivity contribution in [2.75, 3.05) is 0 Å². The van der Waals surface area contributed by atoms with Crippen LogP contribution in [0.25, 0.3) is 0 Å². The third kappa shape index (κ3) is 4.48. The normalized spacial score (nSPS) is 14.6. The first-order chi connectivity index (χ1) is 13.3. The highest BCUT2D eigenvalue weighted by atomic mass is 19.1. The molecule has 0 aliphatic carbocycles. The minimum absolute atomic E-state index is 0.219. The van der Waals surface area contributed by atoms with E-state index in [1.54, 1.807) is 19.1 Å².